The van der Waals surface area contributed by atoms with Gasteiger partial charge in [-0.05, 0) is 25.0 Å². The summed E-state index contributed by atoms with van der Waals surface area (Å²) in [5, 5.41) is 0. The van der Waals surface area contributed by atoms with Crippen molar-refractivity contribution in [1.82, 2.24) is 0 Å². The van der Waals surface area contributed by atoms with Gasteiger partial charge in [0.25, 0.3) is 0 Å². The predicted octanol–water partition coefficient (Wildman–Crippen LogP) is 1.86. The fourth-order valence-electron chi connectivity index (χ4n) is 1.45. The molecule has 16 heavy (non-hydrogen) atoms. The average molecular weight is 235 g/mol. The molecule has 0 radical (unpaired) electrons. The van der Waals surface area contributed by atoms with Crippen molar-refractivity contribution in [3.05, 3.63) is 29.8 Å². The van der Waals surface area contributed by atoms with Gasteiger partial charge in [0.15, 0.2) is 5.78 Å². The lowest BCUT2D eigenvalue weighted by Crippen LogP contribution is -2.12. The van der Waals surface area contributed by atoms with E-state index in [4.69, 9.17) is 5.73 Å². The average Bonchev–Trinajstić information content (AvgIpc) is 3.10. The number of amides is 1. The highest BCUT2D eigenvalue weighted by Gasteiger charge is 2.30. The smallest absolute Gasteiger partial charge is 0.227 e. The summed E-state index contributed by atoms with van der Waals surface area (Å²) in [6, 6.07) is 7.38. The third kappa shape index (κ3) is 2.85. The first-order valence-electron chi connectivity index (χ1n) is 5.22. The lowest BCUT2D eigenvalue weighted by molar-refractivity contribution is -0.115. The number of thioether (sulfide) groups is 1. The van der Waals surface area contributed by atoms with Gasteiger partial charge in [-0.3, -0.25) is 9.59 Å². The molecule has 1 fully saturated rings. The SMILES string of the molecule is NC(=O)CSc1ccc(C(=O)C2CC2)cc1. The number of carbonyl (C=O) groups is 2. The molecule has 84 valence electrons. The lowest BCUT2D eigenvalue weighted by Gasteiger charge is -2.01. The molecule has 3 nitrogen and oxygen atoms in total. The number of benzene rings is 1. The maximum Gasteiger partial charge on any atom is 0.227 e. The molecule has 2 N–H and O–H groups in total. The molecule has 2 rings (SSSR count). The van der Waals surface area contributed by atoms with Gasteiger partial charge in [0, 0.05) is 16.4 Å². The topological polar surface area (TPSA) is 60.2 Å². The van der Waals surface area contributed by atoms with Crippen molar-refractivity contribution in [2.75, 3.05) is 5.75 Å². The van der Waals surface area contributed by atoms with E-state index in [9.17, 15) is 9.59 Å². The molecule has 1 aromatic carbocycles. The van der Waals surface area contributed by atoms with Gasteiger partial charge in [-0.25, -0.2) is 0 Å². The molecule has 1 aliphatic carbocycles. The van der Waals surface area contributed by atoms with Crippen LogP contribution in [0.1, 0.15) is 23.2 Å². The molecule has 0 atom stereocenters. The molecule has 0 heterocycles. The Morgan fingerprint density at radius 2 is 1.88 bits per heavy atom. The summed E-state index contributed by atoms with van der Waals surface area (Å²) in [6.45, 7) is 0. The Bertz CT molecular complexity index is 410. The molecule has 0 aromatic heterocycles. The highest BCUT2D eigenvalue weighted by molar-refractivity contribution is 8.00. The van der Waals surface area contributed by atoms with Crippen LogP contribution >= 0.6 is 11.8 Å². The number of Topliss-reactive ketones (excluding diaryl/α,β-unsaturated/α-hetero) is 1. The van der Waals surface area contributed by atoms with Gasteiger partial charge < -0.3 is 5.73 Å². The van der Waals surface area contributed by atoms with E-state index in [-0.39, 0.29) is 23.4 Å². The number of hydrogen-bond donors (Lipinski definition) is 1. The Labute approximate surface area is 98.4 Å². The van der Waals surface area contributed by atoms with Gasteiger partial charge >= 0.3 is 0 Å². The molecule has 0 aliphatic heterocycles. The minimum absolute atomic E-state index is 0.242. The van der Waals surface area contributed by atoms with E-state index in [1.54, 1.807) is 0 Å². The first kappa shape index (κ1) is 11.2. The lowest BCUT2D eigenvalue weighted by atomic mass is 10.1. The van der Waals surface area contributed by atoms with Crippen LogP contribution in [0, 0.1) is 5.92 Å². The van der Waals surface area contributed by atoms with Gasteiger partial charge in [-0.1, -0.05) is 12.1 Å². The van der Waals surface area contributed by atoms with E-state index in [0.717, 1.165) is 23.3 Å². The monoisotopic (exact) mass is 235 g/mol. The van der Waals surface area contributed by atoms with Crippen LogP contribution in [-0.4, -0.2) is 17.4 Å². The Morgan fingerprint density at radius 1 is 1.25 bits per heavy atom. The van der Waals surface area contributed by atoms with Crippen molar-refractivity contribution in [3.8, 4) is 0 Å². The zero-order valence-electron chi connectivity index (χ0n) is 8.81. The Balaban J connectivity index is 1.98. The second-order valence-electron chi connectivity index (χ2n) is 3.92. The Morgan fingerprint density at radius 3 is 2.38 bits per heavy atom. The first-order chi connectivity index (χ1) is 7.66. The van der Waals surface area contributed by atoms with Crippen molar-refractivity contribution >= 4 is 23.5 Å². The van der Waals surface area contributed by atoms with Crippen LogP contribution in [0.25, 0.3) is 0 Å². The van der Waals surface area contributed by atoms with Gasteiger partial charge in [0.1, 0.15) is 0 Å². The molecule has 4 heteroatoms. The molecule has 0 saturated heterocycles. The molecule has 0 bridgehead atoms. The summed E-state index contributed by atoms with van der Waals surface area (Å²) in [4.78, 5) is 23.3. The van der Waals surface area contributed by atoms with Crippen molar-refractivity contribution in [1.29, 1.82) is 0 Å². The molecule has 1 aromatic rings. The predicted molar refractivity (Wildman–Crippen MR) is 63.4 cm³/mol. The molecular formula is C12H13NO2S. The number of hydrogen-bond acceptors (Lipinski definition) is 3. The molecular weight excluding hydrogens is 222 g/mol. The fourth-order valence-corrected chi connectivity index (χ4v) is 2.09. The number of rotatable bonds is 5. The van der Waals surface area contributed by atoms with E-state index in [1.807, 2.05) is 24.3 Å². The van der Waals surface area contributed by atoms with Crippen molar-refractivity contribution in [3.63, 3.8) is 0 Å². The second kappa shape index (κ2) is 4.70. The maximum atomic E-state index is 11.7. The minimum atomic E-state index is -0.330. The quantitative estimate of drug-likeness (QED) is 0.626. The van der Waals surface area contributed by atoms with Gasteiger partial charge in [-0.15, -0.1) is 11.8 Å². The van der Waals surface area contributed by atoms with E-state index in [1.165, 1.54) is 11.8 Å². The van der Waals surface area contributed by atoms with Crippen LogP contribution in [0.15, 0.2) is 29.2 Å². The molecule has 0 unspecified atom stereocenters. The third-order valence-corrected chi connectivity index (χ3v) is 3.50. The van der Waals surface area contributed by atoms with Crippen molar-refractivity contribution in [2.45, 2.75) is 17.7 Å². The van der Waals surface area contributed by atoms with Gasteiger partial charge in [0.2, 0.25) is 5.91 Å². The molecule has 1 aliphatic rings. The van der Waals surface area contributed by atoms with Crippen LogP contribution in [0.3, 0.4) is 0 Å². The second-order valence-corrected chi connectivity index (χ2v) is 4.97. The van der Waals surface area contributed by atoms with Crippen LogP contribution < -0.4 is 5.73 Å². The van der Waals surface area contributed by atoms with Crippen LogP contribution in [-0.2, 0) is 4.79 Å². The van der Waals surface area contributed by atoms with Crippen molar-refractivity contribution in [2.24, 2.45) is 11.7 Å². The van der Waals surface area contributed by atoms with Crippen molar-refractivity contribution < 1.29 is 9.59 Å². The van der Waals surface area contributed by atoms with E-state index < -0.39 is 0 Å². The zero-order chi connectivity index (χ0) is 11.5. The van der Waals surface area contributed by atoms with Crippen LogP contribution in [0.2, 0.25) is 0 Å². The number of nitrogens with two attached hydrogens (primary N) is 1. The standard InChI is InChI=1S/C12H13NO2S/c13-11(14)7-16-10-5-3-9(4-6-10)12(15)8-1-2-8/h3-6,8H,1-2,7H2,(H2,13,14). The summed E-state index contributed by atoms with van der Waals surface area (Å²) in [5.41, 5.74) is 5.82. The highest BCUT2D eigenvalue weighted by Crippen LogP contribution is 2.32. The first-order valence-corrected chi connectivity index (χ1v) is 6.21. The molecule has 1 amide bonds. The summed E-state index contributed by atoms with van der Waals surface area (Å²) in [7, 11) is 0. The molecule has 0 spiro atoms. The fraction of sp³-hybridized carbons (Fsp3) is 0.333. The maximum absolute atomic E-state index is 11.7. The normalized spacial score (nSPS) is 14.8. The zero-order valence-corrected chi connectivity index (χ0v) is 9.63. The minimum Gasteiger partial charge on any atom is -0.369 e. The summed E-state index contributed by atoms with van der Waals surface area (Å²) < 4.78 is 0. The third-order valence-electron chi connectivity index (χ3n) is 2.47. The van der Waals surface area contributed by atoms with Gasteiger partial charge in [0.05, 0.1) is 5.75 Å². The largest absolute Gasteiger partial charge is 0.369 e. The number of primary amides is 1. The summed E-state index contributed by atoms with van der Waals surface area (Å²) in [6.07, 6.45) is 2.05. The van der Waals surface area contributed by atoms with E-state index in [0.29, 0.717) is 0 Å². The Hall–Kier alpha value is -1.29. The van der Waals surface area contributed by atoms with E-state index >= 15 is 0 Å². The van der Waals surface area contributed by atoms with Crippen LogP contribution in [0.5, 0.6) is 0 Å². The summed E-state index contributed by atoms with van der Waals surface area (Å²) >= 11 is 1.39. The number of carbonyl (C=O) groups excluding carboxylic acids is 2. The molecule has 1 saturated carbocycles. The highest BCUT2D eigenvalue weighted by atomic mass is 32.2. The Kier molecular flexibility index (Phi) is 3.29. The summed E-state index contributed by atoms with van der Waals surface area (Å²) in [5.74, 6) is 0.439. The van der Waals surface area contributed by atoms with Gasteiger partial charge in [-0.2, -0.15) is 0 Å². The van der Waals surface area contributed by atoms with Crippen LogP contribution in [0.4, 0.5) is 0 Å². The van der Waals surface area contributed by atoms with E-state index in [2.05, 4.69) is 0 Å². The number of ketones is 1.